The summed E-state index contributed by atoms with van der Waals surface area (Å²) in [6.07, 6.45) is 0. The molecule has 0 aliphatic carbocycles. The Kier molecular flexibility index (Phi) is 4.03. The van der Waals surface area contributed by atoms with Gasteiger partial charge >= 0.3 is 0 Å². The first-order valence-electron chi connectivity index (χ1n) is 5.16. The van der Waals surface area contributed by atoms with Crippen LogP contribution in [0.5, 0.6) is 5.75 Å². The number of phenolic OH excluding ortho intramolecular Hbond substituents is 1. The van der Waals surface area contributed by atoms with E-state index >= 15 is 0 Å². The molecule has 4 nitrogen and oxygen atoms in total. The van der Waals surface area contributed by atoms with E-state index < -0.39 is 10.0 Å². The summed E-state index contributed by atoms with van der Waals surface area (Å²) in [6.45, 7) is 0. The quantitative estimate of drug-likeness (QED) is 0.820. The van der Waals surface area contributed by atoms with Gasteiger partial charge in [0.2, 0.25) is 0 Å². The summed E-state index contributed by atoms with van der Waals surface area (Å²) in [7, 11) is -3.76. The lowest BCUT2D eigenvalue weighted by molar-refractivity contribution is 0.478. The van der Waals surface area contributed by atoms with Crippen LogP contribution in [0.1, 0.15) is 0 Å². The number of benzene rings is 2. The summed E-state index contributed by atoms with van der Waals surface area (Å²) in [4.78, 5) is 0.0927. The van der Waals surface area contributed by atoms with Gasteiger partial charge in [-0.05, 0) is 36.4 Å². The van der Waals surface area contributed by atoms with E-state index in [4.69, 9.17) is 11.6 Å². The van der Waals surface area contributed by atoms with Gasteiger partial charge in [0.15, 0.2) is 5.75 Å². The van der Waals surface area contributed by atoms with Crippen LogP contribution in [0.3, 0.4) is 0 Å². The molecule has 2 N–H and O–H groups in total. The van der Waals surface area contributed by atoms with Crippen molar-refractivity contribution in [3.8, 4) is 5.75 Å². The Morgan fingerprint density at radius 3 is 2.37 bits per heavy atom. The lowest BCUT2D eigenvalue weighted by Crippen LogP contribution is -2.12. The summed E-state index contributed by atoms with van der Waals surface area (Å²) >= 11 is 8.95. The zero-order valence-electron chi connectivity index (χ0n) is 9.47. The summed E-state index contributed by atoms with van der Waals surface area (Å²) in [5.41, 5.74) is 0.0374. The summed E-state index contributed by atoms with van der Waals surface area (Å²) in [5.74, 6) is -0.301. The first kappa shape index (κ1) is 14.2. The van der Waals surface area contributed by atoms with Crippen LogP contribution < -0.4 is 4.72 Å². The van der Waals surface area contributed by atoms with Crippen LogP contribution in [0, 0.1) is 0 Å². The van der Waals surface area contributed by atoms with E-state index in [1.54, 1.807) is 18.2 Å². The van der Waals surface area contributed by atoms with E-state index in [1.807, 2.05) is 0 Å². The molecule has 0 atom stereocenters. The molecule has 0 amide bonds. The van der Waals surface area contributed by atoms with Crippen LogP contribution in [0.2, 0.25) is 5.02 Å². The van der Waals surface area contributed by atoms with Gasteiger partial charge in [-0.1, -0.05) is 33.6 Å². The number of hydrogen-bond donors (Lipinski definition) is 2. The third-order valence-corrected chi connectivity index (χ3v) is 4.57. The van der Waals surface area contributed by atoms with Gasteiger partial charge in [0.05, 0.1) is 15.6 Å². The molecule has 0 saturated carbocycles. The molecule has 0 unspecified atom stereocenters. The second-order valence-corrected chi connectivity index (χ2v) is 6.70. The number of nitrogens with one attached hydrogen (secondary N) is 1. The molecule has 0 fully saturated rings. The van der Waals surface area contributed by atoms with Gasteiger partial charge in [-0.25, -0.2) is 8.42 Å². The van der Waals surface area contributed by atoms with Crippen molar-refractivity contribution in [2.75, 3.05) is 4.72 Å². The summed E-state index contributed by atoms with van der Waals surface area (Å²) in [5, 5.41) is 9.77. The molecule has 0 aliphatic heterocycles. The van der Waals surface area contributed by atoms with Gasteiger partial charge in [-0.2, -0.15) is 0 Å². The molecule has 2 rings (SSSR count). The Balaban J connectivity index is 2.36. The van der Waals surface area contributed by atoms with E-state index in [0.29, 0.717) is 0 Å². The molecule has 7 heteroatoms. The van der Waals surface area contributed by atoms with Crippen LogP contribution in [-0.4, -0.2) is 13.5 Å². The molecule has 2 aromatic rings. The Bertz CT molecular complexity index is 701. The highest BCUT2D eigenvalue weighted by Crippen LogP contribution is 2.32. The highest BCUT2D eigenvalue weighted by Gasteiger charge is 2.16. The number of phenols is 1. The number of para-hydroxylation sites is 1. The van der Waals surface area contributed by atoms with Crippen LogP contribution in [0.25, 0.3) is 0 Å². The zero-order valence-corrected chi connectivity index (χ0v) is 12.6. The van der Waals surface area contributed by atoms with Crippen molar-refractivity contribution in [1.29, 1.82) is 0 Å². The van der Waals surface area contributed by atoms with Crippen molar-refractivity contribution in [3.05, 3.63) is 52.0 Å². The van der Waals surface area contributed by atoms with Gasteiger partial charge in [0, 0.05) is 4.47 Å². The van der Waals surface area contributed by atoms with Crippen molar-refractivity contribution in [2.24, 2.45) is 0 Å². The van der Waals surface area contributed by atoms with Crippen LogP contribution in [-0.2, 0) is 10.0 Å². The zero-order chi connectivity index (χ0) is 14.0. The first-order chi connectivity index (χ1) is 8.90. The lowest BCUT2D eigenvalue weighted by atomic mass is 10.3. The fourth-order valence-electron chi connectivity index (χ4n) is 1.42. The maximum Gasteiger partial charge on any atom is 0.262 e. The lowest BCUT2D eigenvalue weighted by Gasteiger charge is -2.10. The van der Waals surface area contributed by atoms with Crippen molar-refractivity contribution >= 4 is 43.2 Å². The van der Waals surface area contributed by atoms with E-state index in [0.717, 1.165) is 4.47 Å². The van der Waals surface area contributed by atoms with Gasteiger partial charge < -0.3 is 5.11 Å². The minimum atomic E-state index is -3.76. The molecule has 0 aliphatic rings. The van der Waals surface area contributed by atoms with Crippen molar-refractivity contribution < 1.29 is 13.5 Å². The third-order valence-electron chi connectivity index (χ3n) is 2.36. The molecular formula is C12H9BrClNO3S. The molecule has 0 radical (unpaired) electrons. The average Bonchev–Trinajstić information content (AvgIpc) is 2.35. The Labute approximate surface area is 124 Å². The Hall–Kier alpha value is -1.24. The van der Waals surface area contributed by atoms with Gasteiger partial charge in [0.25, 0.3) is 10.0 Å². The number of hydrogen-bond acceptors (Lipinski definition) is 3. The highest BCUT2D eigenvalue weighted by molar-refractivity contribution is 9.10. The Morgan fingerprint density at radius 1 is 1.11 bits per heavy atom. The summed E-state index contributed by atoms with van der Waals surface area (Å²) < 4.78 is 27.3. The smallest absolute Gasteiger partial charge is 0.262 e. The predicted molar refractivity (Wildman–Crippen MR) is 78.1 cm³/mol. The molecule has 100 valence electrons. The molecule has 0 aromatic heterocycles. The second-order valence-electron chi connectivity index (χ2n) is 3.70. The molecule has 0 saturated heterocycles. The van der Waals surface area contributed by atoms with Gasteiger partial charge in [-0.3, -0.25) is 4.72 Å². The Morgan fingerprint density at radius 2 is 1.74 bits per heavy atom. The van der Waals surface area contributed by atoms with Crippen molar-refractivity contribution in [2.45, 2.75) is 4.90 Å². The fraction of sp³-hybridized carbons (Fsp3) is 0. The maximum absolute atomic E-state index is 12.1. The van der Waals surface area contributed by atoms with E-state index in [2.05, 4.69) is 20.7 Å². The van der Waals surface area contributed by atoms with E-state index in [9.17, 15) is 13.5 Å². The molecule has 19 heavy (non-hydrogen) atoms. The number of rotatable bonds is 3. The summed E-state index contributed by atoms with van der Waals surface area (Å²) in [6, 6.07) is 10.6. The van der Waals surface area contributed by atoms with Gasteiger partial charge in [0.1, 0.15) is 0 Å². The van der Waals surface area contributed by atoms with Crippen molar-refractivity contribution in [3.63, 3.8) is 0 Å². The second kappa shape index (κ2) is 5.40. The molecule has 2 aromatic carbocycles. The van der Waals surface area contributed by atoms with Gasteiger partial charge in [-0.15, -0.1) is 0 Å². The number of aromatic hydroxyl groups is 1. The predicted octanol–water partition coefficient (Wildman–Crippen LogP) is 3.61. The molecule has 0 bridgehead atoms. The number of halogens is 2. The topological polar surface area (TPSA) is 66.4 Å². The molecular weight excluding hydrogens is 354 g/mol. The number of sulfonamides is 1. The average molecular weight is 363 g/mol. The highest BCUT2D eigenvalue weighted by atomic mass is 79.9. The largest absolute Gasteiger partial charge is 0.504 e. The first-order valence-corrected chi connectivity index (χ1v) is 7.81. The fourth-order valence-corrected chi connectivity index (χ4v) is 2.92. The van der Waals surface area contributed by atoms with Crippen LogP contribution in [0.15, 0.2) is 51.8 Å². The van der Waals surface area contributed by atoms with E-state index in [1.165, 1.54) is 24.3 Å². The van der Waals surface area contributed by atoms with Crippen molar-refractivity contribution in [1.82, 2.24) is 0 Å². The van der Waals surface area contributed by atoms with Crippen LogP contribution in [0.4, 0.5) is 5.69 Å². The van der Waals surface area contributed by atoms with Crippen LogP contribution >= 0.6 is 27.5 Å². The van der Waals surface area contributed by atoms with E-state index in [-0.39, 0.29) is 21.4 Å². The maximum atomic E-state index is 12.1. The molecule has 0 heterocycles. The SMILES string of the molecule is O=S(=O)(Nc1cccc(Cl)c1O)c1ccc(Br)cc1. The third kappa shape index (κ3) is 3.20. The molecule has 0 spiro atoms. The minimum absolute atomic E-state index is 0.0374. The normalized spacial score (nSPS) is 11.3. The number of anilines is 1. The monoisotopic (exact) mass is 361 g/mol. The standard InChI is InChI=1S/C12H9BrClNO3S/c13-8-4-6-9(7-5-8)19(17,18)15-11-3-1-2-10(14)12(11)16/h1-7,15-16H. The minimum Gasteiger partial charge on any atom is -0.504 e.